The molecule has 0 unspecified atom stereocenters. The van der Waals surface area contributed by atoms with Crippen LogP contribution in [0.25, 0.3) is 0 Å². The van der Waals surface area contributed by atoms with E-state index in [2.05, 4.69) is 5.32 Å². The minimum absolute atomic E-state index is 0.0123. The van der Waals surface area contributed by atoms with Crippen LogP contribution in [0.3, 0.4) is 0 Å². The Morgan fingerprint density at radius 1 is 1.40 bits per heavy atom. The van der Waals surface area contributed by atoms with Crippen molar-refractivity contribution in [2.75, 3.05) is 17.2 Å². The lowest BCUT2D eigenvalue weighted by Gasteiger charge is -2.41. The Balaban J connectivity index is 2.44. The zero-order valence-corrected chi connectivity index (χ0v) is 11.0. The van der Waals surface area contributed by atoms with Crippen LogP contribution >= 0.6 is 0 Å². The third-order valence-corrected chi connectivity index (χ3v) is 3.30. The molecule has 0 bridgehead atoms. The highest BCUT2D eigenvalue weighted by Gasteiger charge is 2.41. The van der Waals surface area contributed by atoms with Crippen LogP contribution in [-0.4, -0.2) is 28.8 Å². The summed E-state index contributed by atoms with van der Waals surface area (Å²) in [5, 5.41) is 13.0. The van der Waals surface area contributed by atoms with Crippen LogP contribution in [0.15, 0.2) is 18.2 Å². The zero-order valence-electron chi connectivity index (χ0n) is 11.0. The van der Waals surface area contributed by atoms with E-state index in [1.165, 1.54) is 18.2 Å². The van der Waals surface area contributed by atoms with Gasteiger partial charge in [-0.05, 0) is 26.0 Å². The van der Waals surface area contributed by atoms with E-state index in [0.29, 0.717) is 5.69 Å². The molecule has 1 aliphatic rings. The van der Waals surface area contributed by atoms with Crippen LogP contribution in [0, 0.1) is 10.1 Å². The zero-order chi connectivity index (χ0) is 15.1. The standard InChI is InChI=1S/C12H14N4O4/c1-12(2)11(18)14-10(17)6-15(12)7-3-4-9(16(19)20)8(13)5-7/h3-5H,6,13H2,1-2H3,(H,14,17,18). The Labute approximate surface area is 114 Å². The number of nitrogens with two attached hydrogens (primary N) is 1. The lowest BCUT2D eigenvalue weighted by Crippen LogP contribution is -2.64. The molecule has 1 aromatic rings. The molecule has 1 fully saturated rings. The Kier molecular flexibility index (Phi) is 3.09. The third-order valence-electron chi connectivity index (χ3n) is 3.30. The molecule has 106 valence electrons. The molecule has 0 spiro atoms. The summed E-state index contributed by atoms with van der Waals surface area (Å²) in [5.74, 6) is -0.850. The van der Waals surface area contributed by atoms with E-state index in [4.69, 9.17) is 5.73 Å². The maximum atomic E-state index is 11.9. The molecular weight excluding hydrogens is 264 g/mol. The highest BCUT2D eigenvalue weighted by atomic mass is 16.6. The van der Waals surface area contributed by atoms with Crippen molar-refractivity contribution in [1.82, 2.24) is 5.32 Å². The van der Waals surface area contributed by atoms with Crippen molar-refractivity contribution in [2.24, 2.45) is 0 Å². The van der Waals surface area contributed by atoms with Gasteiger partial charge in [-0.2, -0.15) is 0 Å². The number of imide groups is 1. The van der Waals surface area contributed by atoms with E-state index in [0.717, 1.165) is 0 Å². The van der Waals surface area contributed by atoms with Gasteiger partial charge >= 0.3 is 0 Å². The van der Waals surface area contributed by atoms with Crippen LogP contribution in [0.1, 0.15) is 13.8 Å². The molecule has 0 aliphatic carbocycles. The average molecular weight is 278 g/mol. The van der Waals surface area contributed by atoms with Crippen molar-refractivity contribution in [1.29, 1.82) is 0 Å². The first-order valence-corrected chi connectivity index (χ1v) is 5.89. The summed E-state index contributed by atoms with van der Waals surface area (Å²) >= 11 is 0. The fraction of sp³-hybridized carbons (Fsp3) is 0.333. The number of amides is 2. The molecule has 8 nitrogen and oxygen atoms in total. The molecule has 3 N–H and O–H groups in total. The van der Waals surface area contributed by atoms with Crippen LogP contribution in [0.2, 0.25) is 0 Å². The maximum Gasteiger partial charge on any atom is 0.292 e. The number of nitro groups is 1. The SMILES string of the molecule is CC1(C)C(=O)NC(=O)CN1c1ccc([N+](=O)[O-])c(N)c1. The lowest BCUT2D eigenvalue weighted by molar-refractivity contribution is -0.383. The molecule has 0 saturated carbocycles. The number of nitro benzene ring substituents is 1. The van der Waals surface area contributed by atoms with Gasteiger partial charge in [0.25, 0.3) is 11.6 Å². The van der Waals surface area contributed by atoms with Gasteiger partial charge in [0.15, 0.2) is 0 Å². The summed E-state index contributed by atoms with van der Waals surface area (Å²) in [7, 11) is 0. The van der Waals surface area contributed by atoms with Crippen molar-refractivity contribution >= 4 is 28.9 Å². The van der Waals surface area contributed by atoms with Gasteiger partial charge in [-0.25, -0.2) is 0 Å². The first-order chi connectivity index (χ1) is 9.23. The van der Waals surface area contributed by atoms with Crippen LogP contribution in [0.5, 0.6) is 0 Å². The van der Waals surface area contributed by atoms with Gasteiger partial charge in [0.05, 0.1) is 11.5 Å². The number of piperazine rings is 1. The summed E-state index contributed by atoms with van der Waals surface area (Å²) in [5.41, 5.74) is 4.95. The van der Waals surface area contributed by atoms with E-state index in [1.807, 2.05) is 0 Å². The highest BCUT2D eigenvalue weighted by molar-refractivity contribution is 6.06. The van der Waals surface area contributed by atoms with Gasteiger partial charge in [-0.1, -0.05) is 0 Å². The maximum absolute atomic E-state index is 11.9. The normalized spacial score (nSPS) is 17.8. The fourth-order valence-corrected chi connectivity index (χ4v) is 2.07. The minimum atomic E-state index is -0.948. The summed E-state index contributed by atoms with van der Waals surface area (Å²) in [4.78, 5) is 35.1. The molecule has 0 atom stereocenters. The van der Waals surface area contributed by atoms with Crippen molar-refractivity contribution in [3.8, 4) is 0 Å². The van der Waals surface area contributed by atoms with Gasteiger partial charge in [0.1, 0.15) is 11.2 Å². The molecule has 0 aromatic heterocycles. The highest BCUT2D eigenvalue weighted by Crippen LogP contribution is 2.31. The second-order valence-electron chi connectivity index (χ2n) is 5.02. The number of nitrogens with one attached hydrogen (secondary N) is 1. The monoisotopic (exact) mass is 278 g/mol. The fourth-order valence-electron chi connectivity index (χ4n) is 2.07. The largest absolute Gasteiger partial charge is 0.393 e. The Hall–Kier alpha value is -2.64. The minimum Gasteiger partial charge on any atom is -0.393 e. The number of rotatable bonds is 2. The van der Waals surface area contributed by atoms with Crippen molar-refractivity contribution in [3.05, 3.63) is 28.3 Å². The van der Waals surface area contributed by atoms with Gasteiger partial charge in [-0.15, -0.1) is 0 Å². The molecule has 2 rings (SSSR count). The van der Waals surface area contributed by atoms with Gasteiger partial charge in [-0.3, -0.25) is 25.0 Å². The predicted octanol–water partition coefficient (Wildman–Crippen LogP) is 0.418. The predicted molar refractivity (Wildman–Crippen MR) is 72.1 cm³/mol. The van der Waals surface area contributed by atoms with Crippen LogP contribution in [-0.2, 0) is 9.59 Å². The molecular formula is C12H14N4O4. The summed E-state index contributed by atoms with van der Waals surface area (Å²) in [6.07, 6.45) is 0. The summed E-state index contributed by atoms with van der Waals surface area (Å²) in [6.45, 7) is 3.30. The van der Waals surface area contributed by atoms with Gasteiger partial charge in [0, 0.05) is 11.8 Å². The number of nitrogen functional groups attached to an aromatic ring is 1. The Morgan fingerprint density at radius 3 is 2.60 bits per heavy atom. The first-order valence-electron chi connectivity index (χ1n) is 5.89. The topological polar surface area (TPSA) is 119 Å². The molecule has 20 heavy (non-hydrogen) atoms. The van der Waals surface area contributed by atoms with E-state index in [9.17, 15) is 19.7 Å². The van der Waals surface area contributed by atoms with E-state index < -0.39 is 22.3 Å². The van der Waals surface area contributed by atoms with Crippen LogP contribution in [0.4, 0.5) is 17.1 Å². The quantitative estimate of drug-likeness (QED) is 0.350. The van der Waals surface area contributed by atoms with E-state index >= 15 is 0 Å². The first kappa shape index (κ1) is 13.8. The Morgan fingerprint density at radius 2 is 2.05 bits per heavy atom. The number of hydrogen-bond acceptors (Lipinski definition) is 6. The average Bonchev–Trinajstić information content (AvgIpc) is 2.33. The Bertz CT molecular complexity index is 611. The molecule has 1 heterocycles. The molecule has 1 saturated heterocycles. The number of benzene rings is 1. The number of carbonyl (C=O) groups is 2. The number of nitrogens with zero attached hydrogens (tertiary/aromatic N) is 2. The molecule has 1 aliphatic heterocycles. The lowest BCUT2D eigenvalue weighted by atomic mass is 9.97. The molecule has 0 radical (unpaired) electrons. The third kappa shape index (κ3) is 2.15. The number of hydrogen-bond donors (Lipinski definition) is 2. The van der Waals surface area contributed by atoms with E-state index in [-0.39, 0.29) is 17.9 Å². The summed E-state index contributed by atoms with van der Waals surface area (Å²) < 4.78 is 0. The molecule has 2 amide bonds. The smallest absolute Gasteiger partial charge is 0.292 e. The second kappa shape index (κ2) is 4.48. The second-order valence-corrected chi connectivity index (χ2v) is 5.02. The van der Waals surface area contributed by atoms with E-state index in [1.54, 1.807) is 18.7 Å². The molecule has 8 heteroatoms. The summed E-state index contributed by atoms with van der Waals surface area (Å²) in [6, 6.07) is 4.13. The van der Waals surface area contributed by atoms with Gasteiger partial charge < -0.3 is 10.6 Å². The van der Waals surface area contributed by atoms with Crippen molar-refractivity contribution in [2.45, 2.75) is 19.4 Å². The van der Waals surface area contributed by atoms with Crippen molar-refractivity contribution < 1.29 is 14.5 Å². The molecule has 1 aromatic carbocycles. The number of anilines is 2. The van der Waals surface area contributed by atoms with Gasteiger partial charge in [0.2, 0.25) is 5.91 Å². The van der Waals surface area contributed by atoms with Crippen molar-refractivity contribution in [3.63, 3.8) is 0 Å². The number of carbonyl (C=O) groups excluding carboxylic acids is 2. The van der Waals surface area contributed by atoms with Crippen LogP contribution < -0.4 is 16.0 Å².